The lowest BCUT2D eigenvalue weighted by Gasteiger charge is -2.03. The Morgan fingerprint density at radius 1 is 1.07 bits per heavy atom. The summed E-state index contributed by atoms with van der Waals surface area (Å²) in [5.41, 5.74) is -0.0238. The van der Waals surface area contributed by atoms with Gasteiger partial charge in [0.1, 0.15) is 0 Å². The fourth-order valence-electron chi connectivity index (χ4n) is 0.927. The third-order valence-corrected chi connectivity index (χ3v) is 1.60. The average molecular weight is 208 g/mol. The summed E-state index contributed by atoms with van der Waals surface area (Å²) in [6, 6.07) is 4.71. The number of benzene rings is 1. The Kier molecular flexibility index (Phi) is 3.02. The van der Waals surface area contributed by atoms with E-state index in [0.29, 0.717) is 0 Å². The van der Waals surface area contributed by atoms with Crippen molar-refractivity contribution >= 4 is 18.0 Å². The molecule has 0 aliphatic carbocycles. The first-order valence-electron chi connectivity index (χ1n) is 3.86. The van der Waals surface area contributed by atoms with Crippen molar-refractivity contribution in [2.24, 2.45) is 0 Å². The first kappa shape index (κ1) is 10.7. The summed E-state index contributed by atoms with van der Waals surface area (Å²) in [7, 11) is 0. The number of amides is 2. The van der Waals surface area contributed by atoms with Crippen LogP contribution in [0.4, 0.5) is 4.79 Å². The van der Waals surface area contributed by atoms with Gasteiger partial charge in [-0.3, -0.25) is 10.1 Å². The number of imide groups is 1. The van der Waals surface area contributed by atoms with Gasteiger partial charge < -0.3 is 15.0 Å². The zero-order valence-corrected chi connectivity index (χ0v) is 7.39. The summed E-state index contributed by atoms with van der Waals surface area (Å²) in [5.74, 6) is -2.17. The SMILES string of the molecule is O=C(O)NC(=O)c1ccc(C(=O)[O-])cc1. The van der Waals surface area contributed by atoms with Crippen LogP contribution in [0.5, 0.6) is 0 Å². The number of rotatable bonds is 2. The predicted octanol–water partition coefficient (Wildman–Crippen LogP) is -0.542. The molecule has 78 valence electrons. The van der Waals surface area contributed by atoms with Gasteiger partial charge in [0.15, 0.2) is 0 Å². The molecular formula is C9H6NO5-. The van der Waals surface area contributed by atoms with Crippen molar-refractivity contribution in [3.05, 3.63) is 35.4 Å². The van der Waals surface area contributed by atoms with E-state index in [-0.39, 0.29) is 11.1 Å². The minimum absolute atomic E-state index is 0.0578. The van der Waals surface area contributed by atoms with E-state index in [0.717, 1.165) is 12.1 Å². The molecule has 0 saturated carbocycles. The molecule has 0 fully saturated rings. The van der Waals surface area contributed by atoms with Gasteiger partial charge in [0.2, 0.25) is 0 Å². The van der Waals surface area contributed by atoms with Crippen LogP contribution in [-0.4, -0.2) is 23.1 Å². The first-order valence-corrected chi connectivity index (χ1v) is 3.86. The lowest BCUT2D eigenvalue weighted by Crippen LogP contribution is -2.28. The van der Waals surface area contributed by atoms with E-state index in [2.05, 4.69) is 0 Å². The molecule has 0 aliphatic rings. The van der Waals surface area contributed by atoms with E-state index in [9.17, 15) is 19.5 Å². The highest BCUT2D eigenvalue weighted by molar-refractivity contribution is 6.02. The van der Waals surface area contributed by atoms with Gasteiger partial charge in [-0.1, -0.05) is 12.1 Å². The lowest BCUT2D eigenvalue weighted by atomic mass is 10.1. The minimum atomic E-state index is -1.47. The highest BCUT2D eigenvalue weighted by atomic mass is 16.4. The van der Waals surface area contributed by atoms with Gasteiger partial charge in [-0.2, -0.15) is 0 Å². The Morgan fingerprint density at radius 3 is 1.93 bits per heavy atom. The van der Waals surface area contributed by atoms with Crippen molar-refractivity contribution < 1.29 is 24.6 Å². The number of hydrogen-bond acceptors (Lipinski definition) is 4. The molecule has 0 bridgehead atoms. The fraction of sp³-hybridized carbons (Fsp3) is 0. The van der Waals surface area contributed by atoms with Gasteiger partial charge in [0, 0.05) is 5.56 Å². The van der Waals surface area contributed by atoms with Crippen molar-refractivity contribution in [3.63, 3.8) is 0 Å². The van der Waals surface area contributed by atoms with E-state index in [1.54, 1.807) is 5.32 Å². The van der Waals surface area contributed by atoms with Crippen LogP contribution >= 0.6 is 0 Å². The van der Waals surface area contributed by atoms with Crippen molar-refractivity contribution in [1.29, 1.82) is 0 Å². The van der Waals surface area contributed by atoms with Gasteiger partial charge >= 0.3 is 6.09 Å². The van der Waals surface area contributed by atoms with E-state index in [1.807, 2.05) is 0 Å². The van der Waals surface area contributed by atoms with E-state index < -0.39 is 18.0 Å². The Labute approximate surface area is 84.1 Å². The molecule has 0 radical (unpaired) electrons. The van der Waals surface area contributed by atoms with Crippen LogP contribution in [-0.2, 0) is 0 Å². The maximum absolute atomic E-state index is 11.1. The van der Waals surface area contributed by atoms with Crippen LogP contribution in [0.15, 0.2) is 24.3 Å². The second kappa shape index (κ2) is 4.23. The smallest absolute Gasteiger partial charge is 0.411 e. The number of carbonyl (C=O) groups excluding carboxylic acids is 2. The zero-order chi connectivity index (χ0) is 11.4. The highest BCUT2D eigenvalue weighted by Crippen LogP contribution is 2.03. The Hall–Kier alpha value is -2.37. The Balaban J connectivity index is 2.84. The van der Waals surface area contributed by atoms with Crippen molar-refractivity contribution in [2.75, 3.05) is 0 Å². The molecule has 0 saturated heterocycles. The number of carboxylic acids is 1. The normalized spacial score (nSPS) is 9.33. The van der Waals surface area contributed by atoms with Gasteiger partial charge in [-0.05, 0) is 17.7 Å². The minimum Gasteiger partial charge on any atom is -0.545 e. The number of aromatic carboxylic acids is 1. The van der Waals surface area contributed by atoms with E-state index in [4.69, 9.17) is 5.11 Å². The third-order valence-electron chi connectivity index (χ3n) is 1.60. The summed E-state index contributed by atoms with van der Waals surface area (Å²) in [6.45, 7) is 0. The molecular weight excluding hydrogens is 202 g/mol. The van der Waals surface area contributed by atoms with Crippen molar-refractivity contribution in [2.45, 2.75) is 0 Å². The Morgan fingerprint density at radius 2 is 1.53 bits per heavy atom. The maximum atomic E-state index is 11.1. The molecule has 1 rings (SSSR count). The fourth-order valence-corrected chi connectivity index (χ4v) is 0.927. The molecule has 0 heterocycles. The predicted molar refractivity (Wildman–Crippen MR) is 46.3 cm³/mol. The van der Waals surface area contributed by atoms with Crippen LogP contribution in [0, 0.1) is 0 Å². The number of carbonyl (C=O) groups is 3. The average Bonchev–Trinajstić information content (AvgIpc) is 2.17. The summed E-state index contributed by atoms with van der Waals surface area (Å²) < 4.78 is 0. The molecule has 0 atom stereocenters. The molecule has 6 heteroatoms. The highest BCUT2D eigenvalue weighted by Gasteiger charge is 2.08. The standard InChI is InChI=1S/C9H7NO5/c11-7(10-9(14)15)5-1-3-6(4-2-5)8(12)13/h1-4H,(H,10,11)(H,12,13)(H,14,15)/p-1. The first-order chi connectivity index (χ1) is 7.00. The number of hydrogen-bond donors (Lipinski definition) is 2. The van der Waals surface area contributed by atoms with E-state index in [1.165, 1.54) is 12.1 Å². The molecule has 0 aliphatic heterocycles. The summed E-state index contributed by atoms with van der Waals surface area (Å²) in [4.78, 5) is 31.6. The van der Waals surface area contributed by atoms with Gasteiger partial charge in [0.05, 0.1) is 5.97 Å². The molecule has 2 amide bonds. The number of nitrogens with one attached hydrogen (secondary N) is 1. The van der Waals surface area contributed by atoms with Gasteiger partial charge in [-0.15, -0.1) is 0 Å². The largest absolute Gasteiger partial charge is 0.545 e. The molecule has 15 heavy (non-hydrogen) atoms. The molecule has 0 aromatic heterocycles. The quantitative estimate of drug-likeness (QED) is 0.678. The molecule has 0 spiro atoms. The Bertz CT molecular complexity index is 409. The summed E-state index contributed by atoms with van der Waals surface area (Å²) in [5, 5.41) is 20.2. The zero-order valence-electron chi connectivity index (χ0n) is 7.39. The van der Waals surface area contributed by atoms with Crippen LogP contribution < -0.4 is 10.4 Å². The lowest BCUT2D eigenvalue weighted by molar-refractivity contribution is -0.255. The summed E-state index contributed by atoms with van der Waals surface area (Å²) in [6.07, 6.45) is -1.47. The molecule has 1 aromatic rings. The topological polar surface area (TPSA) is 107 Å². The van der Waals surface area contributed by atoms with Crippen LogP contribution in [0.25, 0.3) is 0 Å². The van der Waals surface area contributed by atoms with Crippen molar-refractivity contribution in [3.8, 4) is 0 Å². The number of carboxylic acid groups (broad SMARTS) is 2. The molecule has 1 aromatic carbocycles. The second-order valence-corrected chi connectivity index (χ2v) is 2.62. The molecule has 6 nitrogen and oxygen atoms in total. The third kappa shape index (κ3) is 2.80. The van der Waals surface area contributed by atoms with Gasteiger partial charge in [-0.25, -0.2) is 4.79 Å². The molecule has 2 N–H and O–H groups in total. The monoisotopic (exact) mass is 208 g/mol. The van der Waals surface area contributed by atoms with Crippen LogP contribution in [0.2, 0.25) is 0 Å². The maximum Gasteiger partial charge on any atom is 0.411 e. The summed E-state index contributed by atoms with van der Waals surface area (Å²) >= 11 is 0. The second-order valence-electron chi connectivity index (χ2n) is 2.62. The van der Waals surface area contributed by atoms with Crippen molar-refractivity contribution in [1.82, 2.24) is 5.32 Å². The van der Waals surface area contributed by atoms with Crippen LogP contribution in [0.3, 0.4) is 0 Å². The van der Waals surface area contributed by atoms with Crippen LogP contribution in [0.1, 0.15) is 20.7 Å². The van der Waals surface area contributed by atoms with E-state index >= 15 is 0 Å². The molecule has 0 unspecified atom stereocenters. The van der Waals surface area contributed by atoms with Gasteiger partial charge in [0.25, 0.3) is 5.91 Å².